The van der Waals surface area contributed by atoms with E-state index in [9.17, 15) is 9.18 Å². The fourth-order valence-electron chi connectivity index (χ4n) is 2.42. The van der Waals surface area contributed by atoms with Crippen molar-refractivity contribution < 1.29 is 9.18 Å². The Morgan fingerprint density at radius 3 is 2.82 bits per heavy atom. The quantitative estimate of drug-likeness (QED) is 0.838. The van der Waals surface area contributed by atoms with E-state index in [4.69, 9.17) is 0 Å². The maximum Gasteiger partial charge on any atom is 0.254 e. The van der Waals surface area contributed by atoms with E-state index in [1.54, 1.807) is 12.1 Å². The van der Waals surface area contributed by atoms with Gasteiger partial charge in [0.15, 0.2) is 0 Å². The maximum absolute atomic E-state index is 13.5. The molecule has 2 atom stereocenters. The van der Waals surface area contributed by atoms with E-state index in [-0.39, 0.29) is 17.5 Å². The summed E-state index contributed by atoms with van der Waals surface area (Å²) in [6.45, 7) is 3.99. The Labute approximate surface area is 101 Å². The monoisotopic (exact) mass is 235 g/mol. The number of carbonyl (C=O) groups excluding carboxylic acids is 1. The van der Waals surface area contributed by atoms with Crippen LogP contribution in [0.4, 0.5) is 4.39 Å². The molecule has 2 unspecified atom stereocenters. The van der Waals surface area contributed by atoms with Gasteiger partial charge in [0.25, 0.3) is 5.91 Å². The minimum absolute atomic E-state index is 0.157. The summed E-state index contributed by atoms with van der Waals surface area (Å²) in [5.41, 5.74) is 1.06. The molecule has 17 heavy (non-hydrogen) atoms. The lowest BCUT2D eigenvalue weighted by molar-refractivity contribution is 0.0925. The highest BCUT2D eigenvalue weighted by molar-refractivity contribution is 5.94. The first-order chi connectivity index (χ1) is 8.08. The summed E-state index contributed by atoms with van der Waals surface area (Å²) in [5, 5.41) is 2.93. The standard InChI is InChI=1S/C14H18FNO/c1-9-6-7-12(15)11(8-9)14(17)16-13-5-3-4-10(13)2/h6-8,10,13H,3-5H2,1-2H3,(H,16,17). The average molecular weight is 235 g/mol. The fourth-order valence-corrected chi connectivity index (χ4v) is 2.42. The molecule has 2 nitrogen and oxygen atoms in total. The molecule has 2 rings (SSSR count). The van der Waals surface area contributed by atoms with Crippen molar-refractivity contribution in [2.24, 2.45) is 5.92 Å². The Hall–Kier alpha value is -1.38. The summed E-state index contributed by atoms with van der Waals surface area (Å²) in [5.74, 6) is -0.240. The fraction of sp³-hybridized carbons (Fsp3) is 0.500. The molecule has 1 N–H and O–H groups in total. The minimum atomic E-state index is -0.446. The number of rotatable bonds is 2. The molecule has 1 amide bonds. The highest BCUT2D eigenvalue weighted by Gasteiger charge is 2.25. The molecule has 1 aromatic rings. The number of hydrogen-bond acceptors (Lipinski definition) is 1. The van der Waals surface area contributed by atoms with Crippen molar-refractivity contribution in [3.63, 3.8) is 0 Å². The van der Waals surface area contributed by atoms with Crippen LogP contribution in [0.3, 0.4) is 0 Å². The Morgan fingerprint density at radius 1 is 1.41 bits per heavy atom. The van der Waals surface area contributed by atoms with Gasteiger partial charge in [-0.3, -0.25) is 4.79 Å². The molecular formula is C14H18FNO. The van der Waals surface area contributed by atoms with E-state index >= 15 is 0 Å². The third-order valence-corrected chi connectivity index (χ3v) is 3.54. The Balaban J connectivity index is 2.11. The van der Waals surface area contributed by atoms with Crippen molar-refractivity contribution in [3.05, 3.63) is 35.1 Å². The number of benzene rings is 1. The highest BCUT2D eigenvalue weighted by atomic mass is 19.1. The van der Waals surface area contributed by atoms with Crippen LogP contribution in [0, 0.1) is 18.7 Å². The highest BCUT2D eigenvalue weighted by Crippen LogP contribution is 2.25. The van der Waals surface area contributed by atoms with E-state index in [0.29, 0.717) is 5.92 Å². The van der Waals surface area contributed by atoms with Gasteiger partial charge in [-0.05, 0) is 37.8 Å². The van der Waals surface area contributed by atoms with Crippen molar-refractivity contribution in [1.82, 2.24) is 5.32 Å². The van der Waals surface area contributed by atoms with Crippen LogP contribution in [0.2, 0.25) is 0 Å². The van der Waals surface area contributed by atoms with Crippen molar-refractivity contribution in [2.75, 3.05) is 0 Å². The lowest BCUT2D eigenvalue weighted by atomic mass is 10.1. The first kappa shape index (κ1) is 12.1. The molecule has 0 aliphatic heterocycles. The molecule has 1 fully saturated rings. The largest absolute Gasteiger partial charge is 0.349 e. The Kier molecular flexibility index (Phi) is 3.46. The van der Waals surface area contributed by atoms with Crippen LogP contribution in [0.1, 0.15) is 42.1 Å². The number of carbonyl (C=O) groups is 1. The van der Waals surface area contributed by atoms with E-state index in [1.807, 2.05) is 6.92 Å². The molecule has 0 saturated heterocycles. The topological polar surface area (TPSA) is 29.1 Å². The van der Waals surface area contributed by atoms with E-state index in [0.717, 1.165) is 24.8 Å². The summed E-state index contributed by atoms with van der Waals surface area (Å²) < 4.78 is 13.5. The van der Waals surface area contributed by atoms with E-state index < -0.39 is 5.82 Å². The third-order valence-electron chi connectivity index (χ3n) is 3.54. The molecule has 1 aliphatic rings. The van der Waals surface area contributed by atoms with E-state index in [1.165, 1.54) is 6.07 Å². The zero-order valence-electron chi connectivity index (χ0n) is 10.3. The maximum atomic E-state index is 13.5. The summed E-state index contributed by atoms with van der Waals surface area (Å²) in [6, 6.07) is 4.82. The molecule has 0 heterocycles. The number of halogens is 1. The number of amides is 1. The minimum Gasteiger partial charge on any atom is -0.349 e. The SMILES string of the molecule is Cc1ccc(F)c(C(=O)NC2CCCC2C)c1. The molecule has 1 aromatic carbocycles. The van der Waals surface area contributed by atoms with Crippen LogP contribution in [0.5, 0.6) is 0 Å². The molecule has 92 valence electrons. The Morgan fingerprint density at radius 2 is 2.18 bits per heavy atom. The number of nitrogens with one attached hydrogen (secondary N) is 1. The zero-order valence-corrected chi connectivity index (χ0v) is 10.3. The molecule has 1 aliphatic carbocycles. The lowest BCUT2D eigenvalue weighted by Gasteiger charge is -2.17. The summed E-state index contributed by atoms with van der Waals surface area (Å²) in [7, 11) is 0. The van der Waals surface area contributed by atoms with Crippen molar-refractivity contribution >= 4 is 5.91 Å². The number of hydrogen-bond donors (Lipinski definition) is 1. The van der Waals surface area contributed by atoms with Crippen LogP contribution < -0.4 is 5.32 Å². The van der Waals surface area contributed by atoms with Gasteiger partial charge in [-0.1, -0.05) is 25.0 Å². The first-order valence-corrected chi connectivity index (χ1v) is 6.15. The second kappa shape index (κ2) is 4.86. The van der Waals surface area contributed by atoms with Gasteiger partial charge in [0.1, 0.15) is 5.82 Å². The van der Waals surface area contributed by atoms with Gasteiger partial charge in [-0.25, -0.2) is 4.39 Å². The predicted molar refractivity (Wildman–Crippen MR) is 65.4 cm³/mol. The van der Waals surface area contributed by atoms with Gasteiger partial charge in [-0.15, -0.1) is 0 Å². The second-order valence-electron chi connectivity index (χ2n) is 4.97. The summed E-state index contributed by atoms with van der Waals surface area (Å²) in [6.07, 6.45) is 3.28. The van der Waals surface area contributed by atoms with Crippen molar-refractivity contribution in [2.45, 2.75) is 39.2 Å². The molecular weight excluding hydrogens is 217 g/mol. The summed E-state index contributed by atoms with van der Waals surface area (Å²) >= 11 is 0. The van der Waals surface area contributed by atoms with Crippen LogP contribution in [0.25, 0.3) is 0 Å². The number of aryl methyl sites for hydroxylation is 1. The third kappa shape index (κ3) is 2.65. The van der Waals surface area contributed by atoms with Gasteiger partial charge in [0.05, 0.1) is 5.56 Å². The molecule has 0 aromatic heterocycles. The molecule has 0 spiro atoms. The van der Waals surface area contributed by atoms with Crippen molar-refractivity contribution in [3.8, 4) is 0 Å². The van der Waals surface area contributed by atoms with Crippen molar-refractivity contribution in [1.29, 1.82) is 0 Å². The summed E-state index contributed by atoms with van der Waals surface area (Å²) in [4.78, 5) is 12.0. The second-order valence-corrected chi connectivity index (χ2v) is 4.97. The van der Waals surface area contributed by atoms with Gasteiger partial charge < -0.3 is 5.32 Å². The van der Waals surface area contributed by atoms with Crippen LogP contribution in [0.15, 0.2) is 18.2 Å². The van der Waals surface area contributed by atoms with Gasteiger partial charge in [0.2, 0.25) is 0 Å². The van der Waals surface area contributed by atoms with Crippen LogP contribution in [-0.4, -0.2) is 11.9 Å². The first-order valence-electron chi connectivity index (χ1n) is 6.15. The Bertz CT molecular complexity index is 430. The van der Waals surface area contributed by atoms with E-state index in [2.05, 4.69) is 12.2 Å². The molecule has 3 heteroatoms. The molecule has 0 radical (unpaired) electrons. The van der Waals surface area contributed by atoms with Crippen LogP contribution in [-0.2, 0) is 0 Å². The van der Waals surface area contributed by atoms with Gasteiger partial charge in [0, 0.05) is 6.04 Å². The molecule has 1 saturated carbocycles. The lowest BCUT2D eigenvalue weighted by Crippen LogP contribution is -2.36. The predicted octanol–water partition coefficient (Wildman–Crippen LogP) is 3.05. The van der Waals surface area contributed by atoms with Gasteiger partial charge in [-0.2, -0.15) is 0 Å². The van der Waals surface area contributed by atoms with Crippen LogP contribution >= 0.6 is 0 Å². The molecule has 0 bridgehead atoms. The van der Waals surface area contributed by atoms with Gasteiger partial charge >= 0.3 is 0 Å². The normalized spacial score (nSPS) is 23.7. The smallest absolute Gasteiger partial charge is 0.254 e. The zero-order chi connectivity index (χ0) is 12.4. The average Bonchev–Trinajstić information content (AvgIpc) is 2.68.